The van der Waals surface area contributed by atoms with Gasteiger partial charge >= 0.3 is 0 Å². The lowest BCUT2D eigenvalue weighted by Crippen LogP contribution is -2.40. The van der Waals surface area contributed by atoms with Crippen LogP contribution < -0.4 is 15.5 Å². The molecule has 0 unspecified atom stereocenters. The van der Waals surface area contributed by atoms with E-state index in [0.29, 0.717) is 5.95 Å². The number of carbonyl (C=O) groups is 1. The van der Waals surface area contributed by atoms with Crippen LogP contribution in [0, 0.1) is 15.9 Å². The van der Waals surface area contributed by atoms with E-state index < -0.39 is 16.6 Å². The van der Waals surface area contributed by atoms with Crippen LogP contribution in [-0.2, 0) is 0 Å². The minimum absolute atomic E-state index is 0.0795. The molecular weight excluding hydrogens is 379 g/mol. The fraction of sp³-hybridized carbons (Fsp3) is 0.421. The van der Waals surface area contributed by atoms with Crippen LogP contribution in [0.3, 0.4) is 0 Å². The van der Waals surface area contributed by atoms with Crippen LogP contribution in [-0.4, -0.2) is 47.0 Å². The maximum Gasteiger partial charge on any atom is 0.272 e. The molecule has 2 aromatic rings. The Morgan fingerprint density at radius 1 is 1.21 bits per heavy atom. The minimum atomic E-state index is -0.898. The largest absolute Gasteiger partial charge is 0.363 e. The normalized spacial score (nSPS) is 18.7. The van der Waals surface area contributed by atoms with Gasteiger partial charge in [0.2, 0.25) is 5.95 Å². The number of non-ortho nitro benzene ring substituents is 1. The highest BCUT2D eigenvalue weighted by molar-refractivity contribution is 5.94. The van der Waals surface area contributed by atoms with E-state index in [0.717, 1.165) is 49.7 Å². The van der Waals surface area contributed by atoms with Gasteiger partial charge in [0.05, 0.1) is 16.6 Å². The predicted molar refractivity (Wildman–Crippen MR) is 107 cm³/mol. The third kappa shape index (κ3) is 5.15. The number of aromatic nitrogens is 2. The first kappa shape index (κ1) is 20.4. The number of halogens is 1. The molecule has 0 aliphatic heterocycles. The SMILES string of the molecule is CN(C)c1ccnc(NC2CCC(NC(=O)c3ccc([N+](=O)[O-])cc3F)CC2)n1. The lowest BCUT2D eigenvalue weighted by Gasteiger charge is -2.29. The molecule has 0 saturated heterocycles. The van der Waals surface area contributed by atoms with E-state index in [-0.39, 0.29) is 23.3 Å². The number of carbonyl (C=O) groups excluding carboxylic acids is 1. The van der Waals surface area contributed by atoms with E-state index in [1.54, 1.807) is 6.20 Å². The quantitative estimate of drug-likeness (QED) is 0.564. The number of rotatable bonds is 6. The van der Waals surface area contributed by atoms with Crippen LogP contribution in [0.1, 0.15) is 36.0 Å². The molecule has 0 spiro atoms. The van der Waals surface area contributed by atoms with E-state index in [4.69, 9.17) is 0 Å². The Hall–Kier alpha value is -3.30. The van der Waals surface area contributed by atoms with Crippen molar-refractivity contribution in [3.8, 4) is 0 Å². The smallest absolute Gasteiger partial charge is 0.272 e. The first-order chi connectivity index (χ1) is 13.8. The molecule has 154 valence electrons. The molecule has 0 bridgehead atoms. The van der Waals surface area contributed by atoms with Crippen molar-refractivity contribution in [2.45, 2.75) is 37.8 Å². The molecular formula is C19H23FN6O3. The molecule has 1 amide bonds. The summed E-state index contributed by atoms with van der Waals surface area (Å²) in [7, 11) is 3.82. The highest BCUT2D eigenvalue weighted by Crippen LogP contribution is 2.23. The highest BCUT2D eigenvalue weighted by Gasteiger charge is 2.25. The van der Waals surface area contributed by atoms with Crippen molar-refractivity contribution in [1.29, 1.82) is 0 Å². The first-order valence-corrected chi connectivity index (χ1v) is 9.35. The molecule has 1 saturated carbocycles. The number of nitrogens with zero attached hydrogens (tertiary/aromatic N) is 4. The summed E-state index contributed by atoms with van der Waals surface area (Å²) >= 11 is 0. The summed E-state index contributed by atoms with van der Waals surface area (Å²) in [5.74, 6) is -0.0778. The zero-order valence-electron chi connectivity index (χ0n) is 16.3. The molecule has 1 aromatic carbocycles. The van der Waals surface area contributed by atoms with Crippen molar-refractivity contribution in [2.24, 2.45) is 0 Å². The second-order valence-electron chi connectivity index (χ2n) is 7.22. The van der Waals surface area contributed by atoms with E-state index in [1.807, 2.05) is 25.1 Å². The molecule has 1 heterocycles. The Labute approximate surface area is 167 Å². The molecule has 2 N–H and O–H groups in total. The van der Waals surface area contributed by atoms with Crippen LogP contribution in [0.15, 0.2) is 30.5 Å². The van der Waals surface area contributed by atoms with Gasteiger partial charge in [-0.1, -0.05) is 0 Å². The average molecular weight is 402 g/mol. The third-order valence-electron chi connectivity index (χ3n) is 4.90. The van der Waals surface area contributed by atoms with Gasteiger partial charge in [0, 0.05) is 38.4 Å². The van der Waals surface area contributed by atoms with Crippen LogP contribution in [0.4, 0.5) is 21.8 Å². The molecule has 1 aromatic heterocycles. The van der Waals surface area contributed by atoms with Gasteiger partial charge in [0.15, 0.2) is 0 Å². The first-order valence-electron chi connectivity index (χ1n) is 9.35. The number of nitro groups is 1. The van der Waals surface area contributed by atoms with E-state index >= 15 is 0 Å². The fourth-order valence-electron chi connectivity index (χ4n) is 3.30. The van der Waals surface area contributed by atoms with Gasteiger partial charge in [0.1, 0.15) is 11.6 Å². The van der Waals surface area contributed by atoms with E-state index in [2.05, 4.69) is 20.6 Å². The monoisotopic (exact) mass is 402 g/mol. The summed E-state index contributed by atoms with van der Waals surface area (Å²) in [6.45, 7) is 0. The zero-order valence-corrected chi connectivity index (χ0v) is 16.3. The second-order valence-corrected chi connectivity index (χ2v) is 7.22. The summed E-state index contributed by atoms with van der Waals surface area (Å²) < 4.78 is 14.0. The lowest BCUT2D eigenvalue weighted by molar-refractivity contribution is -0.385. The molecule has 0 atom stereocenters. The Morgan fingerprint density at radius 2 is 1.90 bits per heavy atom. The number of nitro benzene ring substituents is 1. The Balaban J connectivity index is 1.53. The topological polar surface area (TPSA) is 113 Å². The molecule has 3 rings (SSSR count). The van der Waals surface area contributed by atoms with Crippen molar-refractivity contribution in [2.75, 3.05) is 24.3 Å². The molecule has 1 aliphatic carbocycles. The van der Waals surface area contributed by atoms with Gasteiger partial charge in [-0.15, -0.1) is 0 Å². The molecule has 0 radical (unpaired) electrons. The number of benzene rings is 1. The Morgan fingerprint density at radius 3 is 2.52 bits per heavy atom. The number of hydrogen-bond donors (Lipinski definition) is 2. The molecule has 1 aliphatic rings. The van der Waals surface area contributed by atoms with Crippen LogP contribution >= 0.6 is 0 Å². The number of hydrogen-bond acceptors (Lipinski definition) is 7. The highest BCUT2D eigenvalue weighted by atomic mass is 19.1. The summed E-state index contributed by atoms with van der Waals surface area (Å²) in [5, 5.41) is 16.8. The predicted octanol–water partition coefficient (Wildman–Crippen LogP) is 2.74. The van der Waals surface area contributed by atoms with Gasteiger partial charge in [0.25, 0.3) is 11.6 Å². The van der Waals surface area contributed by atoms with Gasteiger partial charge < -0.3 is 15.5 Å². The summed E-state index contributed by atoms with van der Waals surface area (Å²) in [4.78, 5) is 32.9. The molecule has 1 fully saturated rings. The van der Waals surface area contributed by atoms with Crippen molar-refractivity contribution in [3.05, 3.63) is 52.0 Å². The van der Waals surface area contributed by atoms with Crippen molar-refractivity contribution in [1.82, 2.24) is 15.3 Å². The van der Waals surface area contributed by atoms with Gasteiger partial charge in [-0.25, -0.2) is 9.37 Å². The molecule has 10 heteroatoms. The fourth-order valence-corrected chi connectivity index (χ4v) is 3.30. The zero-order chi connectivity index (χ0) is 21.0. The minimum Gasteiger partial charge on any atom is -0.363 e. The molecule has 29 heavy (non-hydrogen) atoms. The van der Waals surface area contributed by atoms with E-state index in [1.165, 1.54) is 0 Å². The lowest BCUT2D eigenvalue weighted by atomic mass is 9.91. The summed E-state index contributed by atoms with van der Waals surface area (Å²) in [6.07, 6.45) is 4.78. The van der Waals surface area contributed by atoms with Crippen molar-refractivity contribution in [3.63, 3.8) is 0 Å². The Kier molecular flexibility index (Phi) is 6.20. The van der Waals surface area contributed by atoms with Gasteiger partial charge in [-0.3, -0.25) is 14.9 Å². The van der Waals surface area contributed by atoms with Crippen LogP contribution in [0.2, 0.25) is 0 Å². The summed E-state index contributed by atoms with van der Waals surface area (Å²) in [5.41, 5.74) is -0.573. The number of nitrogens with one attached hydrogen (secondary N) is 2. The van der Waals surface area contributed by atoms with Crippen molar-refractivity contribution >= 4 is 23.4 Å². The maximum absolute atomic E-state index is 14.0. The van der Waals surface area contributed by atoms with E-state index in [9.17, 15) is 19.3 Å². The number of amides is 1. The standard InChI is InChI=1S/C19H23FN6O3/c1-25(2)17-9-10-21-19(24-17)23-13-5-3-12(4-6-13)22-18(27)15-8-7-14(26(28)29)11-16(15)20/h7-13H,3-6H2,1-2H3,(H,22,27)(H,21,23,24). The summed E-state index contributed by atoms with van der Waals surface area (Å²) in [6, 6.07) is 4.97. The van der Waals surface area contributed by atoms with Crippen molar-refractivity contribution < 1.29 is 14.1 Å². The molecule has 9 nitrogen and oxygen atoms in total. The maximum atomic E-state index is 14.0. The van der Waals surface area contributed by atoms with Crippen LogP contribution in [0.5, 0.6) is 0 Å². The second kappa shape index (κ2) is 8.80. The van der Waals surface area contributed by atoms with Crippen LogP contribution in [0.25, 0.3) is 0 Å². The van der Waals surface area contributed by atoms with Gasteiger partial charge in [-0.2, -0.15) is 4.98 Å². The average Bonchev–Trinajstić information content (AvgIpc) is 2.69. The number of anilines is 2. The Bertz CT molecular complexity index is 899. The third-order valence-corrected chi connectivity index (χ3v) is 4.90. The van der Waals surface area contributed by atoms with Gasteiger partial charge in [-0.05, 0) is 37.8 Å².